The van der Waals surface area contributed by atoms with E-state index in [4.69, 9.17) is 11.5 Å². The van der Waals surface area contributed by atoms with Gasteiger partial charge in [-0.2, -0.15) is 0 Å². The highest BCUT2D eigenvalue weighted by atomic mass is 32.1. The van der Waals surface area contributed by atoms with Crippen LogP contribution >= 0.6 is 11.3 Å². The number of hydrogen-bond acceptors (Lipinski definition) is 6. The molecule has 3 aromatic carbocycles. The standard InChI is InChI=1S/C16H17FN2O.C14H16N2OS.C5H11NO/c1-10(2)16(20)19-15-9-12(6-7-14(15)18)11-4-3-5-13(17)8-11;1-9(2)14(17)16-12-8-10(5-6-11(12)15)13-4-3-7-18-13;1-4(2)5(7)6-3/h3-10H,18H2,1-2H3,(H,19,20);3-9H,15H2,1-2H3,(H,16,17);4H,1-3H3,(H,6,7). The number of carbonyl (C=O) groups excluding carboxylic acids is 3. The van der Waals surface area contributed by atoms with E-state index in [0.717, 1.165) is 21.6 Å². The van der Waals surface area contributed by atoms with Crippen LogP contribution in [0.3, 0.4) is 0 Å². The van der Waals surface area contributed by atoms with Crippen LogP contribution in [0, 0.1) is 23.6 Å². The van der Waals surface area contributed by atoms with Gasteiger partial charge in [0.05, 0.1) is 22.7 Å². The van der Waals surface area contributed by atoms with Crippen molar-refractivity contribution in [3.05, 3.63) is 84.0 Å². The summed E-state index contributed by atoms with van der Waals surface area (Å²) in [4.78, 5) is 35.0. The van der Waals surface area contributed by atoms with Crippen molar-refractivity contribution in [2.45, 2.75) is 41.5 Å². The van der Waals surface area contributed by atoms with Crippen molar-refractivity contribution in [3.63, 3.8) is 0 Å². The molecule has 1 aromatic heterocycles. The summed E-state index contributed by atoms with van der Waals surface area (Å²) in [5, 5.41) is 10.2. The predicted molar refractivity (Wildman–Crippen MR) is 186 cm³/mol. The topological polar surface area (TPSA) is 139 Å². The largest absolute Gasteiger partial charge is 0.397 e. The molecule has 1 heterocycles. The van der Waals surface area contributed by atoms with E-state index >= 15 is 0 Å². The van der Waals surface area contributed by atoms with Crippen molar-refractivity contribution >= 4 is 51.8 Å². The van der Waals surface area contributed by atoms with Gasteiger partial charge in [-0.25, -0.2) is 4.39 Å². The molecule has 8 nitrogen and oxygen atoms in total. The number of hydrogen-bond donors (Lipinski definition) is 5. The number of benzene rings is 3. The average molecular weight is 634 g/mol. The molecule has 0 saturated heterocycles. The molecule has 0 aliphatic heterocycles. The Morgan fingerprint density at radius 3 is 1.56 bits per heavy atom. The minimum absolute atomic E-state index is 0.0231. The first kappa shape index (κ1) is 36.5. The molecule has 7 N–H and O–H groups in total. The number of carbonyl (C=O) groups is 3. The van der Waals surface area contributed by atoms with E-state index < -0.39 is 0 Å². The molecule has 0 atom stereocenters. The first-order valence-corrected chi connectivity index (χ1v) is 15.5. The van der Waals surface area contributed by atoms with Gasteiger partial charge in [0.2, 0.25) is 17.7 Å². The highest BCUT2D eigenvalue weighted by Crippen LogP contribution is 2.30. The molecule has 0 spiro atoms. The lowest BCUT2D eigenvalue weighted by atomic mass is 10.0. The summed E-state index contributed by atoms with van der Waals surface area (Å²) in [5.41, 5.74) is 16.6. The minimum Gasteiger partial charge on any atom is -0.397 e. The number of anilines is 4. The Morgan fingerprint density at radius 2 is 1.13 bits per heavy atom. The molecule has 0 bridgehead atoms. The van der Waals surface area contributed by atoms with Crippen LogP contribution in [0.15, 0.2) is 78.2 Å². The number of nitrogens with two attached hydrogens (primary N) is 2. The summed E-state index contributed by atoms with van der Waals surface area (Å²) in [6, 6.07) is 21.3. The molecular weight excluding hydrogens is 589 g/mol. The molecule has 0 unspecified atom stereocenters. The van der Waals surface area contributed by atoms with Crippen LogP contribution in [-0.4, -0.2) is 24.8 Å². The van der Waals surface area contributed by atoms with E-state index in [9.17, 15) is 18.8 Å². The lowest BCUT2D eigenvalue weighted by molar-refractivity contribution is -0.123. The van der Waals surface area contributed by atoms with Crippen LogP contribution in [-0.2, 0) is 14.4 Å². The van der Waals surface area contributed by atoms with Crippen molar-refractivity contribution < 1.29 is 18.8 Å². The van der Waals surface area contributed by atoms with Gasteiger partial charge in [-0.3, -0.25) is 14.4 Å². The maximum absolute atomic E-state index is 13.3. The van der Waals surface area contributed by atoms with E-state index in [0.29, 0.717) is 22.7 Å². The van der Waals surface area contributed by atoms with Gasteiger partial charge in [-0.05, 0) is 64.5 Å². The third kappa shape index (κ3) is 11.7. The summed E-state index contributed by atoms with van der Waals surface area (Å²) in [6.45, 7) is 11.0. The van der Waals surface area contributed by atoms with Crippen molar-refractivity contribution in [2.24, 2.45) is 17.8 Å². The Balaban J connectivity index is 0.000000261. The second-order valence-corrected chi connectivity index (χ2v) is 12.1. The maximum atomic E-state index is 13.3. The van der Waals surface area contributed by atoms with E-state index in [1.54, 1.807) is 42.6 Å². The molecule has 0 aliphatic rings. The fraction of sp³-hybridized carbons (Fsp3) is 0.286. The van der Waals surface area contributed by atoms with Crippen molar-refractivity contribution in [3.8, 4) is 21.6 Å². The van der Waals surface area contributed by atoms with E-state index in [2.05, 4.69) is 16.0 Å². The zero-order valence-corrected chi connectivity index (χ0v) is 27.7. The summed E-state index contributed by atoms with van der Waals surface area (Å²) in [7, 11) is 1.64. The molecule has 3 amide bonds. The van der Waals surface area contributed by atoms with Gasteiger partial charge in [0.15, 0.2) is 0 Å². The third-order valence-corrected chi connectivity index (χ3v) is 7.32. The number of thiophene rings is 1. The minimum atomic E-state index is -0.299. The van der Waals surface area contributed by atoms with E-state index in [1.165, 1.54) is 12.1 Å². The Bertz CT molecular complexity index is 1570. The number of rotatable bonds is 7. The molecule has 4 rings (SSSR count). The summed E-state index contributed by atoms with van der Waals surface area (Å²) in [6.07, 6.45) is 0. The number of nitrogen functional groups attached to an aromatic ring is 2. The molecule has 240 valence electrons. The van der Waals surface area contributed by atoms with Crippen LogP contribution in [0.1, 0.15) is 41.5 Å². The Labute approximate surface area is 269 Å². The zero-order chi connectivity index (χ0) is 33.7. The summed E-state index contributed by atoms with van der Waals surface area (Å²) in [5.74, 6) is -0.405. The fourth-order valence-corrected chi connectivity index (χ4v) is 4.34. The van der Waals surface area contributed by atoms with E-state index in [1.807, 2.05) is 83.3 Å². The molecule has 0 aliphatic carbocycles. The van der Waals surface area contributed by atoms with Crippen LogP contribution in [0.4, 0.5) is 27.1 Å². The quantitative estimate of drug-likeness (QED) is 0.133. The Morgan fingerprint density at radius 1 is 0.644 bits per heavy atom. The van der Waals surface area contributed by atoms with Crippen molar-refractivity contribution in [1.29, 1.82) is 0 Å². The molecule has 0 radical (unpaired) electrons. The smallest absolute Gasteiger partial charge is 0.226 e. The normalized spacial score (nSPS) is 10.4. The van der Waals surface area contributed by atoms with Crippen molar-refractivity contribution in [1.82, 2.24) is 5.32 Å². The van der Waals surface area contributed by atoms with Crippen LogP contribution in [0.2, 0.25) is 0 Å². The first-order chi connectivity index (χ1) is 21.2. The molecule has 45 heavy (non-hydrogen) atoms. The molecule has 0 fully saturated rings. The highest BCUT2D eigenvalue weighted by Gasteiger charge is 2.12. The Kier molecular flexibility index (Phi) is 14.2. The van der Waals surface area contributed by atoms with Gasteiger partial charge in [-0.15, -0.1) is 11.3 Å². The van der Waals surface area contributed by atoms with Gasteiger partial charge >= 0.3 is 0 Å². The Hall–Kier alpha value is -4.70. The van der Waals surface area contributed by atoms with Crippen LogP contribution in [0.5, 0.6) is 0 Å². The van der Waals surface area contributed by atoms with Crippen molar-refractivity contribution in [2.75, 3.05) is 29.1 Å². The van der Waals surface area contributed by atoms with Gasteiger partial charge in [0, 0.05) is 29.7 Å². The lowest BCUT2D eigenvalue weighted by Crippen LogP contribution is -2.22. The maximum Gasteiger partial charge on any atom is 0.226 e. The molecule has 10 heteroatoms. The monoisotopic (exact) mass is 633 g/mol. The predicted octanol–water partition coefficient (Wildman–Crippen LogP) is 7.65. The number of halogens is 1. The average Bonchev–Trinajstić information content (AvgIpc) is 3.54. The number of amides is 3. The lowest BCUT2D eigenvalue weighted by Gasteiger charge is -2.12. The van der Waals surface area contributed by atoms with Gasteiger partial charge in [0.25, 0.3) is 0 Å². The van der Waals surface area contributed by atoms with Gasteiger partial charge in [0.1, 0.15) is 5.82 Å². The molecule has 0 saturated carbocycles. The SMILES string of the molecule is CC(C)C(=O)Nc1cc(-c2cccc(F)c2)ccc1N.CC(C)C(=O)Nc1cc(-c2cccs2)ccc1N.CNC(=O)C(C)C. The summed E-state index contributed by atoms with van der Waals surface area (Å²) < 4.78 is 13.3. The first-order valence-electron chi connectivity index (χ1n) is 14.7. The molecule has 4 aromatic rings. The number of nitrogens with one attached hydrogen (secondary N) is 3. The highest BCUT2D eigenvalue weighted by molar-refractivity contribution is 7.13. The third-order valence-electron chi connectivity index (χ3n) is 6.41. The second kappa shape index (κ2) is 17.6. The van der Waals surface area contributed by atoms with Gasteiger partial charge < -0.3 is 27.4 Å². The van der Waals surface area contributed by atoms with Crippen LogP contribution < -0.4 is 27.4 Å². The molecular formula is C35H44FN5O3S. The second-order valence-electron chi connectivity index (χ2n) is 11.1. The van der Waals surface area contributed by atoms with Crippen LogP contribution in [0.25, 0.3) is 21.6 Å². The van der Waals surface area contributed by atoms with Gasteiger partial charge in [-0.1, -0.05) is 71.9 Å². The van der Waals surface area contributed by atoms with E-state index in [-0.39, 0.29) is 41.3 Å². The fourth-order valence-electron chi connectivity index (χ4n) is 3.62. The summed E-state index contributed by atoms with van der Waals surface area (Å²) >= 11 is 1.66. The zero-order valence-electron chi connectivity index (χ0n) is 26.9.